The number of rotatable bonds is 24. The number of quaternary nitrogens is 1. The number of Topliss-reactive ketones (excluding diaryl/α,β-unsaturated/α-hetero) is 3. The second-order valence-electron chi connectivity index (χ2n) is 19.2. The summed E-state index contributed by atoms with van der Waals surface area (Å²) in [5, 5.41) is 6.03. The van der Waals surface area contributed by atoms with E-state index in [1.807, 2.05) is 88.4 Å². The van der Waals surface area contributed by atoms with E-state index in [9.17, 15) is 28.8 Å². The molecule has 0 unspecified atom stereocenters. The number of aryl methyl sites for hydroxylation is 1. The highest BCUT2D eigenvalue weighted by molar-refractivity contribution is 5.98. The molecule has 2 aromatic rings. The van der Waals surface area contributed by atoms with E-state index >= 15 is 0 Å². The van der Waals surface area contributed by atoms with E-state index < -0.39 is 46.7 Å². The average Bonchev–Trinajstić information content (AvgIpc) is 3.95. The van der Waals surface area contributed by atoms with Gasteiger partial charge < -0.3 is 48.8 Å². The minimum Gasteiger partial charge on any atom is -1.00 e. The first-order valence-corrected chi connectivity index (χ1v) is 21.8. The third-order valence-electron chi connectivity index (χ3n) is 11.5. The van der Waals surface area contributed by atoms with Crippen LogP contribution in [-0.2, 0) is 55.8 Å². The topological polar surface area (TPSA) is 157 Å². The number of halogens is 1. The van der Waals surface area contributed by atoms with E-state index in [0.29, 0.717) is 58.6 Å². The quantitative estimate of drug-likeness (QED) is 0.0700. The zero-order valence-corrected chi connectivity index (χ0v) is 39.8. The van der Waals surface area contributed by atoms with Crippen LogP contribution in [0, 0.1) is 29.1 Å². The van der Waals surface area contributed by atoms with Gasteiger partial charge in [-0.3, -0.25) is 33.3 Å². The van der Waals surface area contributed by atoms with E-state index in [1.165, 1.54) is 0 Å². The zero-order valence-electron chi connectivity index (χ0n) is 37.6. The lowest BCUT2D eigenvalue weighted by atomic mass is 9.87. The molecule has 2 N–H and O–H groups in total. The third-order valence-corrected chi connectivity index (χ3v) is 11.5. The lowest BCUT2D eigenvalue weighted by Crippen LogP contribution is -3.00. The standard InChI is InChI=1S/C48H69N3O9.HI/c1-33(2)25-40(42(53)29-38(27-36-17-13-10-14-18-36)45(56)50-41(26-34(3)4)43(54)48(8)31-60-48)49-44(55)37(20-19-35-15-11-9-12-16-35)28-39(52)30-51(21-23-58-24-22-51)32-59-46(57)47(5,6)7;/h9-18,33-34,37-38,40-41H,19-32H2,1-8H3,(H-,49,50,55,56);1H/t37-,38-,40+,41+,48-;/m1./s1. The van der Waals surface area contributed by atoms with Crippen LogP contribution >= 0.6 is 0 Å². The van der Waals surface area contributed by atoms with Crippen LogP contribution in [-0.4, -0.2) is 103 Å². The van der Waals surface area contributed by atoms with Gasteiger partial charge in [0.05, 0.1) is 37.3 Å². The van der Waals surface area contributed by atoms with Gasteiger partial charge in [-0.1, -0.05) is 88.4 Å². The molecule has 61 heavy (non-hydrogen) atoms. The van der Waals surface area contributed by atoms with Crippen LogP contribution in [0.3, 0.4) is 0 Å². The smallest absolute Gasteiger partial charge is 0.315 e. The number of hydrogen-bond donors (Lipinski definition) is 2. The Morgan fingerprint density at radius 1 is 0.770 bits per heavy atom. The summed E-state index contributed by atoms with van der Waals surface area (Å²) in [4.78, 5) is 83.2. The summed E-state index contributed by atoms with van der Waals surface area (Å²) >= 11 is 0. The summed E-state index contributed by atoms with van der Waals surface area (Å²) in [7, 11) is 0. The van der Waals surface area contributed by atoms with Gasteiger partial charge in [-0.2, -0.15) is 0 Å². The van der Waals surface area contributed by atoms with Crippen molar-refractivity contribution in [2.75, 3.05) is 46.2 Å². The molecule has 5 atom stereocenters. The number of nitrogens with one attached hydrogen (secondary N) is 2. The lowest BCUT2D eigenvalue weighted by Gasteiger charge is -2.40. The molecule has 0 spiro atoms. The van der Waals surface area contributed by atoms with E-state index in [4.69, 9.17) is 14.2 Å². The Hall–Kier alpha value is -3.53. The van der Waals surface area contributed by atoms with E-state index in [-0.39, 0.29) is 96.2 Å². The Labute approximate surface area is 380 Å². The molecule has 2 fully saturated rings. The molecule has 4 rings (SSSR count). The molecule has 2 amide bonds. The van der Waals surface area contributed by atoms with Gasteiger partial charge in [0.25, 0.3) is 0 Å². The van der Waals surface area contributed by atoms with Crippen molar-refractivity contribution in [2.45, 2.75) is 118 Å². The predicted molar refractivity (Wildman–Crippen MR) is 229 cm³/mol. The number of hydrogen-bond acceptors (Lipinski definition) is 9. The maximum atomic E-state index is 14.4. The van der Waals surface area contributed by atoms with Crippen molar-refractivity contribution in [3.63, 3.8) is 0 Å². The maximum absolute atomic E-state index is 14.4. The van der Waals surface area contributed by atoms with Gasteiger partial charge in [0.2, 0.25) is 18.5 Å². The van der Waals surface area contributed by atoms with Crippen LogP contribution in [0.1, 0.15) is 98.6 Å². The minimum atomic E-state index is -0.924. The van der Waals surface area contributed by atoms with Crippen LogP contribution in [0.25, 0.3) is 0 Å². The number of carbonyl (C=O) groups is 6. The number of morpholine rings is 1. The molecule has 2 saturated heterocycles. The van der Waals surface area contributed by atoms with Crippen LogP contribution in [0.4, 0.5) is 0 Å². The van der Waals surface area contributed by atoms with Crippen LogP contribution in [0.5, 0.6) is 0 Å². The highest BCUT2D eigenvalue weighted by Gasteiger charge is 2.50. The Morgan fingerprint density at radius 3 is 1.84 bits per heavy atom. The Kier molecular flexibility index (Phi) is 20.2. The van der Waals surface area contributed by atoms with Crippen molar-refractivity contribution >= 4 is 35.1 Å². The van der Waals surface area contributed by atoms with E-state index in [2.05, 4.69) is 10.6 Å². The van der Waals surface area contributed by atoms with Crippen molar-refractivity contribution < 1.29 is 71.4 Å². The number of ketones is 3. The fourth-order valence-corrected chi connectivity index (χ4v) is 7.68. The molecule has 2 heterocycles. The first-order chi connectivity index (χ1) is 28.3. The second-order valence-corrected chi connectivity index (χ2v) is 19.2. The summed E-state index contributed by atoms with van der Waals surface area (Å²) in [6.45, 7) is 17.2. The summed E-state index contributed by atoms with van der Waals surface area (Å²) in [5.74, 6) is -3.15. The molecule has 2 aliphatic rings. The predicted octanol–water partition coefficient (Wildman–Crippen LogP) is 2.83. The first-order valence-electron chi connectivity index (χ1n) is 21.8. The molecule has 0 aliphatic carbocycles. The number of epoxide rings is 1. The molecule has 338 valence electrons. The summed E-state index contributed by atoms with van der Waals surface area (Å²) in [5.41, 5.74) is 0.267. The number of amides is 2. The average molecular weight is 960 g/mol. The van der Waals surface area contributed by atoms with Crippen molar-refractivity contribution in [1.29, 1.82) is 0 Å². The molecule has 12 nitrogen and oxygen atoms in total. The van der Waals surface area contributed by atoms with Crippen molar-refractivity contribution in [1.82, 2.24) is 10.6 Å². The molecule has 2 aromatic carbocycles. The molecule has 2 aliphatic heterocycles. The van der Waals surface area contributed by atoms with Crippen LogP contribution in [0.15, 0.2) is 60.7 Å². The molecule has 0 aromatic heterocycles. The normalized spacial score (nSPS) is 19.1. The van der Waals surface area contributed by atoms with Gasteiger partial charge in [0.15, 0.2) is 17.3 Å². The lowest BCUT2D eigenvalue weighted by molar-refractivity contribution is -0.943. The van der Waals surface area contributed by atoms with E-state index in [1.54, 1.807) is 27.7 Å². The van der Waals surface area contributed by atoms with Crippen LogP contribution in [0.2, 0.25) is 0 Å². The van der Waals surface area contributed by atoms with Gasteiger partial charge in [-0.15, -0.1) is 0 Å². The Balaban J connectivity index is 0.00000992. The number of ether oxygens (including phenoxy) is 3. The number of nitrogens with zero attached hydrogens (tertiary/aromatic N) is 1. The van der Waals surface area contributed by atoms with Crippen molar-refractivity contribution in [2.24, 2.45) is 29.1 Å². The van der Waals surface area contributed by atoms with Crippen molar-refractivity contribution in [3.8, 4) is 0 Å². The Morgan fingerprint density at radius 2 is 1.30 bits per heavy atom. The zero-order chi connectivity index (χ0) is 44.1. The van der Waals surface area contributed by atoms with Gasteiger partial charge in [0.1, 0.15) is 25.2 Å². The number of carbonyl (C=O) groups excluding carboxylic acids is 6. The first kappa shape index (κ1) is 51.8. The molecule has 13 heteroatoms. The Bertz CT molecular complexity index is 1750. The highest BCUT2D eigenvalue weighted by atomic mass is 127. The molecular weight excluding hydrogens is 889 g/mol. The van der Waals surface area contributed by atoms with E-state index in [0.717, 1.165) is 11.1 Å². The fraction of sp³-hybridized carbons (Fsp3) is 0.625. The molecule has 0 bridgehead atoms. The van der Waals surface area contributed by atoms with Gasteiger partial charge >= 0.3 is 5.97 Å². The van der Waals surface area contributed by atoms with Gasteiger partial charge in [0, 0.05) is 24.7 Å². The summed E-state index contributed by atoms with van der Waals surface area (Å²) in [6.07, 6.45) is 1.75. The monoisotopic (exact) mass is 959 g/mol. The SMILES string of the molecule is CC(C)C[C@H](NC(=O)[C@H](CCc1ccccc1)CC(=O)C[N+]1(COC(=O)C(C)(C)C)CCOCC1)C(=O)C[C@@H](Cc1ccccc1)C(=O)N[C@@H](CC(C)C)C(=O)[C@@]1(C)CO1.[I-]. The van der Waals surface area contributed by atoms with Crippen molar-refractivity contribution in [3.05, 3.63) is 71.8 Å². The molecular formula is C48H70IN3O9. The summed E-state index contributed by atoms with van der Waals surface area (Å²) in [6, 6.07) is 17.5. The maximum Gasteiger partial charge on any atom is 0.315 e. The number of esters is 1. The molecule has 0 radical (unpaired) electrons. The second kappa shape index (κ2) is 23.8. The van der Waals surface area contributed by atoms with Crippen LogP contribution < -0.4 is 34.6 Å². The minimum absolute atomic E-state index is 0. The molecule has 0 saturated carbocycles. The largest absolute Gasteiger partial charge is 1.00 e. The summed E-state index contributed by atoms with van der Waals surface area (Å²) < 4.78 is 17.0. The number of benzene rings is 2. The fourth-order valence-electron chi connectivity index (χ4n) is 7.68. The third kappa shape index (κ3) is 16.9. The van der Waals surface area contributed by atoms with Gasteiger partial charge in [-0.05, 0) is 82.8 Å². The highest BCUT2D eigenvalue weighted by Crippen LogP contribution is 2.30. The van der Waals surface area contributed by atoms with Gasteiger partial charge in [-0.25, -0.2) is 0 Å².